The number of nitrogens with zero attached hydrogens (tertiary/aromatic N) is 8. The van der Waals surface area contributed by atoms with Gasteiger partial charge >= 0.3 is 22.8 Å². The van der Waals surface area contributed by atoms with E-state index in [1.807, 2.05) is 0 Å². The third kappa shape index (κ3) is 9.84. The zero-order valence-corrected chi connectivity index (χ0v) is 52.9. The second-order valence-corrected chi connectivity index (χ2v) is 26.0. The Bertz CT molecular complexity index is 4640. The fourth-order valence-electron chi connectivity index (χ4n) is 15.7. The highest BCUT2D eigenvalue weighted by molar-refractivity contribution is 6.48. The largest absolute Gasteiger partial charge is 0.356 e. The summed E-state index contributed by atoms with van der Waals surface area (Å²) in [6.45, 7) is 8.75. The first-order chi connectivity index (χ1) is 44.0. The number of benzene rings is 7. The molecule has 16 heteroatoms. The SMILES string of the molecule is CCCCCCCCC(CCCCCCCC)n1c(=O)c2cc3c4c5c2c(cc2c5c5c6c7c(cc(c64)n4c(=O)n(-c6ccccc6)c(=O)n34)c(=O)n(C(CCCCCCCC)CCCCCCCC)c(=O)c7cc5n3c(=O)n(-c4ccccc4)c(=O)n23)c1=O. The van der Waals surface area contributed by atoms with Crippen LogP contribution in [0, 0.1) is 0 Å². The summed E-state index contributed by atoms with van der Waals surface area (Å²) in [6, 6.07) is 22.9. The van der Waals surface area contributed by atoms with Gasteiger partial charge in [-0.3, -0.25) is 28.3 Å². The summed E-state index contributed by atoms with van der Waals surface area (Å²) in [5.74, 6) is 0. The molecule has 7 aromatic carbocycles. The summed E-state index contributed by atoms with van der Waals surface area (Å²) in [4.78, 5) is 127. The summed E-state index contributed by atoms with van der Waals surface area (Å²) in [6.07, 6.45) is 26.9. The second kappa shape index (κ2) is 25.5. The van der Waals surface area contributed by atoms with Crippen LogP contribution in [-0.2, 0) is 0 Å². The Balaban J connectivity index is 1.19. The molecule has 0 amide bonds. The van der Waals surface area contributed by atoms with Crippen LogP contribution in [0.5, 0.6) is 0 Å². The molecule has 6 aromatic heterocycles. The topological polar surface area (TPSA) is 174 Å². The number of fused-ring (bicyclic) bond motifs is 6. The van der Waals surface area contributed by atoms with Gasteiger partial charge in [0.2, 0.25) is 0 Å². The first kappa shape index (κ1) is 60.5. The lowest BCUT2D eigenvalue weighted by atomic mass is 9.83. The molecule has 468 valence electrons. The number of aromatic nitrogens is 8. The van der Waals surface area contributed by atoms with Gasteiger partial charge in [-0.1, -0.05) is 218 Å². The van der Waals surface area contributed by atoms with E-state index in [1.54, 1.807) is 84.9 Å². The Hall–Kier alpha value is -8.40. The number of rotatable bonds is 32. The Morgan fingerprint density at radius 3 is 0.756 bits per heavy atom. The molecule has 90 heavy (non-hydrogen) atoms. The summed E-state index contributed by atoms with van der Waals surface area (Å²) < 4.78 is 10.2. The molecule has 0 saturated heterocycles. The minimum absolute atomic E-state index is 0.161. The van der Waals surface area contributed by atoms with Crippen molar-refractivity contribution >= 4 is 86.7 Å². The molecule has 0 radical (unpaired) electrons. The predicted molar refractivity (Wildman–Crippen MR) is 366 cm³/mol. The van der Waals surface area contributed by atoms with Gasteiger partial charge in [-0.05, 0) is 74.2 Å². The maximum absolute atomic E-state index is 16.1. The first-order valence-corrected chi connectivity index (χ1v) is 34.2. The van der Waals surface area contributed by atoms with Crippen LogP contribution in [0.3, 0.4) is 0 Å². The second-order valence-electron chi connectivity index (χ2n) is 26.0. The van der Waals surface area contributed by atoms with Crippen molar-refractivity contribution in [3.05, 3.63) is 168 Å². The van der Waals surface area contributed by atoms with E-state index in [-0.39, 0.29) is 43.6 Å². The van der Waals surface area contributed by atoms with Gasteiger partial charge in [0.25, 0.3) is 22.2 Å². The van der Waals surface area contributed by atoms with E-state index >= 15 is 38.4 Å². The molecule has 6 heterocycles. The van der Waals surface area contributed by atoms with E-state index in [2.05, 4.69) is 27.7 Å². The van der Waals surface area contributed by atoms with Crippen LogP contribution >= 0.6 is 0 Å². The average molecular weight is 1210 g/mol. The van der Waals surface area contributed by atoms with Crippen molar-refractivity contribution in [2.75, 3.05) is 0 Å². The van der Waals surface area contributed by atoms with Crippen molar-refractivity contribution in [2.45, 2.75) is 220 Å². The third-order valence-electron chi connectivity index (χ3n) is 20.1. The van der Waals surface area contributed by atoms with Gasteiger partial charge in [0.05, 0.1) is 55.0 Å². The average Bonchev–Trinajstić information content (AvgIpc) is 1.07. The molecule has 0 unspecified atom stereocenters. The number of hydrogen-bond acceptors (Lipinski definition) is 8. The minimum Gasteiger partial charge on any atom is -0.271 e. The van der Waals surface area contributed by atoms with Crippen LogP contribution in [0.25, 0.3) is 98.1 Å². The molecule has 0 fully saturated rings. The molecule has 0 atom stereocenters. The molecule has 0 aliphatic carbocycles. The molecule has 0 N–H and O–H groups in total. The van der Waals surface area contributed by atoms with E-state index in [0.717, 1.165) is 163 Å². The van der Waals surface area contributed by atoms with Gasteiger partial charge in [-0.25, -0.2) is 28.3 Å². The third-order valence-corrected chi connectivity index (χ3v) is 20.1. The van der Waals surface area contributed by atoms with Crippen molar-refractivity contribution in [2.24, 2.45) is 0 Å². The van der Waals surface area contributed by atoms with Gasteiger partial charge in [-0.2, -0.15) is 18.1 Å². The van der Waals surface area contributed by atoms with Crippen LogP contribution in [0.2, 0.25) is 0 Å². The standard InChI is InChI=1S/C74H84N8O8/c1-5-9-13-17-21-27-35-47(36-28-22-18-14-10-6-2)75-67(83)51-43-55-61-63-57(81-73(89)77(71(87)79(55)81)49-39-31-25-32-40-49)45-53-60-54(70(86)76(69(53)85)48(37-29-23-19-15-11-7-3)38-30-24-20-16-12-8-4)46-58-64(66(60)63)62-56(44-52(68(75)84)59(51)65(61)62)80-72(88)78(74(90)82(58)80)50-41-33-26-34-42-50/h25-26,31-34,39-48H,5-24,27-30,35-38H2,1-4H3. The van der Waals surface area contributed by atoms with Crippen molar-refractivity contribution in [1.29, 1.82) is 0 Å². The lowest BCUT2D eigenvalue weighted by Gasteiger charge is -2.26. The van der Waals surface area contributed by atoms with Crippen LogP contribution in [0.15, 0.2) is 123 Å². The minimum atomic E-state index is -0.732. The monoisotopic (exact) mass is 1210 g/mol. The van der Waals surface area contributed by atoms with Crippen LogP contribution in [0.4, 0.5) is 0 Å². The highest BCUT2D eigenvalue weighted by atomic mass is 16.2. The van der Waals surface area contributed by atoms with E-state index in [4.69, 9.17) is 0 Å². The lowest BCUT2D eigenvalue weighted by Crippen LogP contribution is -2.37. The van der Waals surface area contributed by atoms with Crippen LogP contribution in [0.1, 0.15) is 220 Å². The van der Waals surface area contributed by atoms with Crippen molar-refractivity contribution in [3.8, 4) is 11.4 Å². The lowest BCUT2D eigenvalue weighted by molar-refractivity contribution is 0.381. The predicted octanol–water partition coefficient (Wildman–Crippen LogP) is 15.0. The fraction of sp³-hybridized carbons (Fsp3) is 0.459. The maximum atomic E-state index is 16.1. The molecule has 0 spiro atoms. The normalized spacial score (nSPS) is 12.7. The molecule has 16 nitrogen and oxygen atoms in total. The van der Waals surface area contributed by atoms with Gasteiger partial charge in [0, 0.05) is 55.2 Å². The molecule has 0 aliphatic heterocycles. The summed E-state index contributed by atoms with van der Waals surface area (Å²) in [5.41, 5.74) is -3.66. The summed E-state index contributed by atoms with van der Waals surface area (Å²) in [5, 5.41) is 3.69. The molecule has 13 aromatic rings. The summed E-state index contributed by atoms with van der Waals surface area (Å²) in [7, 11) is 0. The molecular weight excluding hydrogens is 1130 g/mol. The molecule has 0 bridgehead atoms. The Morgan fingerprint density at radius 2 is 0.511 bits per heavy atom. The zero-order chi connectivity index (χ0) is 62.5. The Labute approximate surface area is 519 Å². The van der Waals surface area contributed by atoms with E-state index in [0.29, 0.717) is 80.1 Å². The van der Waals surface area contributed by atoms with Crippen LogP contribution in [-0.4, -0.2) is 36.3 Å². The number of pyridine rings is 2. The number of para-hydroxylation sites is 2. The van der Waals surface area contributed by atoms with E-state index < -0.39 is 57.1 Å². The molecule has 0 aliphatic rings. The van der Waals surface area contributed by atoms with Gasteiger partial charge in [0.1, 0.15) is 0 Å². The van der Waals surface area contributed by atoms with Crippen molar-refractivity contribution in [1.82, 2.24) is 36.3 Å². The molecule has 13 rings (SSSR count). The zero-order valence-electron chi connectivity index (χ0n) is 52.9. The van der Waals surface area contributed by atoms with Crippen molar-refractivity contribution in [3.63, 3.8) is 0 Å². The first-order valence-electron chi connectivity index (χ1n) is 34.2. The number of hydrogen-bond donors (Lipinski definition) is 0. The van der Waals surface area contributed by atoms with E-state index in [9.17, 15) is 0 Å². The smallest absolute Gasteiger partial charge is 0.271 e. The highest BCUT2D eigenvalue weighted by Crippen LogP contribution is 2.51. The van der Waals surface area contributed by atoms with Gasteiger partial charge in [-0.15, -0.1) is 0 Å². The number of unbranched alkanes of at least 4 members (excludes halogenated alkanes) is 20. The fourth-order valence-corrected chi connectivity index (χ4v) is 15.7. The van der Waals surface area contributed by atoms with E-state index in [1.165, 1.54) is 27.2 Å². The molecular formula is C74H84N8O8. The quantitative estimate of drug-likeness (QED) is 0.0227. The Morgan fingerprint density at radius 1 is 0.278 bits per heavy atom. The summed E-state index contributed by atoms with van der Waals surface area (Å²) >= 11 is 0. The van der Waals surface area contributed by atoms with Gasteiger partial charge < -0.3 is 0 Å². The van der Waals surface area contributed by atoms with Crippen LogP contribution < -0.4 is 45.0 Å². The van der Waals surface area contributed by atoms with Crippen molar-refractivity contribution < 1.29 is 0 Å². The molecule has 0 saturated carbocycles. The van der Waals surface area contributed by atoms with Gasteiger partial charge in [0.15, 0.2) is 0 Å². The maximum Gasteiger partial charge on any atom is 0.356 e. The Kier molecular flexibility index (Phi) is 17.1. The highest BCUT2D eigenvalue weighted by Gasteiger charge is 2.35.